The lowest BCUT2D eigenvalue weighted by Gasteiger charge is -2.31. The molecule has 5 nitrogen and oxygen atoms in total. The van der Waals surface area contributed by atoms with Gasteiger partial charge in [-0.25, -0.2) is 0 Å². The highest BCUT2D eigenvalue weighted by Gasteiger charge is 2.24. The molecule has 0 spiro atoms. The molecule has 1 unspecified atom stereocenters. The minimum absolute atomic E-state index is 0.0646. The van der Waals surface area contributed by atoms with E-state index in [9.17, 15) is 4.79 Å². The van der Waals surface area contributed by atoms with Crippen LogP contribution in [0.1, 0.15) is 11.8 Å². The molecule has 1 atom stereocenters. The third-order valence-corrected chi connectivity index (χ3v) is 5.10. The Morgan fingerprint density at radius 3 is 2.76 bits per heavy atom. The molecular formula is C19H24N2O3S. The number of benzene rings is 1. The van der Waals surface area contributed by atoms with Crippen molar-refractivity contribution in [3.63, 3.8) is 0 Å². The van der Waals surface area contributed by atoms with Crippen molar-refractivity contribution in [1.29, 1.82) is 0 Å². The third kappa shape index (κ3) is 4.74. The second-order valence-corrected chi connectivity index (χ2v) is 7.19. The molecule has 3 rings (SSSR count). The van der Waals surface area contributed by atoms with Gasteiger partial charge in [0.2, 0.25) is 5.91 Å². The minimum Gasteiger partial charge on any atom is -0.486 e. The number of thiophene rings is 1. The predicted molar refractivity (Wildman–Crippen MR) is 99.3 cm³/mol. The highest BCUT2D eigenvalue weighted by atomic mass is 32.1. The van der Waals surface area contributed by atoms with E-state index >= 15 is 0 Å². The Morgan fingerprint density at radius 1 is 1.24 bits per heavy atom. The Hall–Kier alpha value is -2.05. The van der Waals surface area contributed by atoms with E-state index in [1.165, 1.54) is 4.88 Å². The van der Waals surface area contributed by atoms with Crippen LogP contribution in [-0.2, 0) is 11.3 Å². The molecule has 1 aromatic carbocycles. The Balaban J connectivity index is 1.51. The Morgan fingerprint density at radius 2 is 2.04 bits per heavy atom. The van der Waals surface area contributed by atoms with Crippen molar-refractivity contribution < 1.29 is 14.3 Å². The Bertz CT molecular complexity index is 690. The maximum absolute atomic E-state index is 12.5. The summed E-state index contributed by atoms with van der Waals surface area (Å²) in [5.41, 5.74) is 0. The van der Waals surface area contributed by atoms with Gasteiger partial charge in [0.05, 0.1) is 13.1 Å². The number of likely N-dealkylation sites (N-methyl/N-ethyl adjacent to an activating group) is 2. The van der Waals surface area contributed by atoms with Crippen LogP contribution in [0.3, 0.4) is 0 Å². The number of carbonyl (C=O) groups is 1. The van der Waals surface area contributed by atoms with Crippen LogP contribution in [0.25, 0.3) is 0 Å². The van der Waals surface area contributed by atoms with Crippen LogP contribution in [0.5, 0.6) is 11.5 Å². The molecule has 0 N–H and O–H groups in total. The smallest absolute Gasteiger partial charge is 0.236 e. The number of nitrogens with zero attached hydrogens (tertiary/aromatic N) is 2. The van der Waals surface area contributed by atoms with Crippen LogP contribution in [-0.4, -0.2) is 55.1 Å². The van der Waals surface area contributed by atoms with Crippen molar-refractivity contribution in [2.75, 3.05) is 33.3 Å². The van der Waals surface area contributed by atoms with Crippen LogP contribution in [0.2, 0.25) is 0 Å². The number of amides is 1. The first kappa shape index (κ1) is 17.8. The fourth-order valence-electron chi connectivity index (χ4n) is 2.78. The zero-order valence-electron chi connectivity index (χ0n) is 14.7. The van der Waals surface area contributed by atoms with E-state index in [0.29, 0.717) is 26.2 Å². The van der Waals surface area contributed by atoms with Gasteiger partial charge in [-0.1, -0.05) is 25.1 Å². The van der Waals surface area contributed by atoms with Gasteiger partial charge in [0.25, 0.3) is 0 Å². The van der Waals surface area contributed by atoms with Gasteiger partial charge in [0.1, 0.15) is 12.7 Å². The van der Waals surface area contributed by atoms with E-state index in [1.54, 1.807) is 16.2 Å². The molecule has 1 amide bonds. The van der Waals surface area contributed by atoms with Crippen molar-refractivity contribution in [3.05, 3.63) is 46.7 Å². The summed E-state index contributed by atoms with van der Waals surface area (Å²) >= 11 is 1.67. The van der Waals surface area contributed by atoms with Crippen molar-refractivity contribution in [3.8, 4) is 11.5 Å². The molecular weight excluding hydrogens is 336 g/mol. The lowest BCUT2D eigenvalue weighted by atomic mass is 10.2. The first-order valence-electron chi connectivity index (χ1n) is 8.53. The van der Waals surface area contributed by atoms with E-state index in [-0.39, 0.29) is 12.0 Å². The van der Waals surface area contributed by atoms with Crippen LogP contribution >= 0.6 is 11.3 Å². The molecule has 0 saturated heterocycles. The van der Waals surface area contributed by atoms with Gasteiger partial charge in [-0.15, -0.1) is 11.3 Å². The van der Waals surface area contributed by atoms with Crippen LogP contribution in [0.4, 0.5) is 0 Å². The number of carbonyl (C=O) groups excluding carboxylic acids is 1. The summed E-state index contributed by atoms with van der Waals surface area (Å²) in [5.74, 6) is 1.68. The van der Waals surface area contributed by atoms with E-state index in [1.807, 2.05) is 42.8 Å². The number of ether oxygens (including phenoxy) is 2. The first-order chi connectivity index (χ1) is 12.2. The van der Waals surface area contributed by atoms with Gasteiger partial charge in [-0.05, 0) is 30.1 Å². The van der Waals surface area contributed by atoms with Crippen molar-refractivity contribution in [2.45, 2.75) is 19.6 Å². The summed E-state index contributed by atoms with van der Waals surface area (Å²) in [5, 5.41) is 2.03. The fourth-order valence-corrected chi connectivity index (χ4v) is 3.54. The molecule has 1 aliphatic heterocycles. The Labute approximate surface area is 152 Å². The lowest BCUT2D eigenvalue weighted by molar-refractivity contribution is -0.131. The number of fused-ring (bicyclic) bond motifs is 1. The maximum atomic E-state index is 12.5. The predicted octanol–water partition coefficient (Wildman–Crippen LogP) is 2.87. The minimum atomic E-state index is -0.0646. The van der Waals surface area contributed by atoms with Crippen LogP contribution in [0.15, 0.2) is 41.8 Å². The summed E-state index contributed by atoms with van der Waals surface area (Å²) in [6, 6.07) is 11.8. The molecule has 1 aliphatic rings. The van der Waals surface area contributed by atoms with Gasteiger partial charge in [-0.2, -0.15) is 0 Å². The van der Waals surface area contributed by atoms with Crippen molar-refractivity contribution in [1.82, 2.24) is 9.80 Å². The molecule has 134 valence electrons. The second-order valence-electron chi connectivity index (χ2n) is 6.15. The molecule has 1 aromatic heterocycles. The van der Waals surface area contributed by atoms with E-state index in [2.05, 4.69) is 17.9 Å². The molecule has 0 radical (unpaired) electrons. The van der Waals surface area contributed by atoms with E-state index in [4.69, 9.17) is 9.47 Å². The van der Waals surface area contributed by atoms with Gasteiger partial charge in [0, 0.05) is 18.5 Å². The summed E-state index contributed by atoms with van der Waals surface area (Å²) in [7, 11) is 1.85. The lowest BCUT2D eigenvalue weighted by Crippen LogP contribution is -2.45. The van der Waals surface area contributed by atoms with Crippen molar-refractivity contribution in [2.24, 2.45) is 0 Å². The molecule has 0 saturated carbocycles. The quantitative estimate of drug-likeness (QED) is 0.761. The molecule has 0 aliphatic carbocycles. The van der Waals surface area contributed by atoms with Crippen molar-refractivity contribution >= 4 is 17.2 Å². The number of hydrogen-bond acceptors (Lipinski definition) is 5. The highest BCUT2D eigenvalue weighted by Crippen LogP contribution is 2.31. The van der Waals surface area contributed by atoms with E-state index < -0.39 is 0 Å². The van der Waals surface area contributed by atoms with Gasteiger partial charge >= 0.3 is 0 Å². The molecule has 2 aromatic rings. The fraction of sp³-hybridized carbons (Fsp3) is 0.421. The highest BCUT2D eigenvalue weighted by molar-refractivity contribution is 7.09. The van der Waals surface area contributed by atoms with Gasteiger partial charge in [0.15, 0.2) is 11.5 Å². The summed E-state index contributed by atoms with van der Waals surface area (Å²) in [6.45, 7) is 5.07. The zero-order chi connectivity index (χ0) is 17.6. The maximum Gasteiger partial charge on any atom is 0.236 e. The van der Waals surface area contributed by atoms with Gasteiger partial charge < -0.3 is 14.4 Å². The Kier molecular flexibility index (Phi) is 5.94. The van der Waals surface area contributed by atoms with Crippen LogP contribution < -0.4 is 9.47 Å². The number of hydrogen-bond donors (Lipinski definition) is 0. The molecule has 0 fully saturated rings. The largest absolute Gasteiger partial charge is 0.486 e. The molecule has 0 bridgehead atoms. The topological polar surface area (TPSA) is 42.0 Å². The summed E-state index contributed by atoms with van der Waals surface area (Å²) in [4.78, 5) is 17.6. The average Bonchev–Trinajstić information content (AvgIpc) is 3.13. The molecule has 25 heavy (non-hydrogen) atoms. The SMILES string of the molecule is CCN(CC(=O)N(C)Cc1cccs1)CC1COc2ccccc2O1. The normalized spacial score (nSPS) is 16.0. The third-order valence-electron chi connectivity index (χ3n) is 4.23. The zero-order valence-corrected chi connectivity index (χ0v) is 15.5. The average molecular weight is 360 g/mol. The summed E-state index contributed by atoms with van der Waals surface area (Å²) in [6.07, 6.45) is -0.0646. The number of para-hydroxylation sites is 2. The van der Waals surface area contributed by atoms with E-state index in [0.717, 1.165) is 18.0 Å². The van der Waals surface area contributed by atoms with Gasteiger partial charge in [-0.3, -0.25) is 9.69 Å². The number of rotatable bonds is 7. The standard InChI is InChI=1S/C19H24N2O3S/c1-3-21(13-19(22)20(2)12-16-7-6-10-25-16)11-15-14-23-17-8-4-5-9-18(17)24-15/h4-10,15H,3,11-14H2,1-2H3. The molecule has 2 heterocycles. The monoisotopic (exact) mass is 360 g/mol. The van der Waals surface area contributed by atoms with Crippen LogP contribution in [0, 0.1) is 0 Å². The first-order valence-corrected chi connectivity index (χ1v) is 9.41. The second kappa shape index (κ2) is 8.36. The summed E-state index contributed by atoms with van der Waals surface area (Å²) < 4.78 is 11.8. The molecule has 6 heteroatoms.